The van der Waals surface area contributed by atoms with Crippen LogP contribution in [0.25, 0.3) is 5.69 Å². The molecule has 0 saturated carbocycles. The molecule has 1 aromatic carbocycles. The van der Waals surface area contributed by atoms with Gasteiger partial charge in [-0.15, -0.1) is 0 Å². The number of benzene rings is 1. The molecule has 2 rings (SSSR count). The van der Waals surface area contributed by atoms with E-state index in [1.165, 1.54) is 12.1 Å². The molecular weight excluding hydrogens is 426 g/mol. The Hall–Kier alpha value is -2.49. The normalized spacial score (nSPS) is 12.1. The average molecular weight is 445 g/mol. The van der Waals surface area contributed by atoms with Crippen molar-refractivity contribution < 1.29 is 18.3 Å². The van der Waals surface area contributed by atoms with Crippen LogP contribution in [0.3, 0.4) is 0 Å². The summed E-state index contributed by atoms with van der Waals surface area (Å²) in [5.74, 6) is -0.616. The van der Waals surface area contributed by atoms with Gasteiger partial charge < -0.3 is 10.1 Å². The maximum Gasteiger partial charge on any atom is 0.407 e. The standard InChI is InChI=1S/C17H19BrF2N4O3/c1-17(2,3)22-15(25)27-9-11(7-19)8-24-16(26)23(10-21-24)14-5-4-12(18)6-13(14)20/h4-7,10H,8-9H2,1-3H3,(H,22,25)/b11-7+. The van der Waals surface area contributed by atoms with E-state index in [-0.39, 0.29) is 30.7 Å². The second-order valence-electron chi connectivity index (χ2n) is 6.76. The number of ether oxygens (including phenoxy) is 1. The van der Waals surface area contributed by atoms with Gasteiger partial charge in [0.25, 0.3) is 0 Å². The lowest BCUT2D eigenvalue weighted by Gasteiger charge is -2.20. The Morgan fingerprint density at radius 2 is 2.11 bits per heavy atom. The summed E-state index contributed by atoms with van der Waals surface area (Å²) in [6.07, 6.45) is 0.671. The van der Waals surface area contributed by atoms with Crippen LogP contribution in [0.4, 0.5) is 13.6 Å². The van der Waals surface area contributed by atoms with Gasteiger partial charge in [0.1, 0.15) is 18.8 Å². The van der Waals surface area contributed by atoms with Gasteiger partial charge in [0.05, 0.1) is 18.6 Å². The fourth-order valence-corrected chi connectivity index (χ4v) is 2.43. The predicted octanol–water partition coefficient (Wildman–Crippen LogP) is 3.31. The van der Waals surface area contributed by atoms with Crippen LogP contribution in [0.5, 0.6) is 0 Å². The molecule has 0 bridgehead atoms. The fourth-order valence-electron chi connectivity index (χ4n) is 2.09. The van der Waals surface area contributed by atoms with Crippen molar-refractivity contribution in [3.8, 4) is 5.69 Å². The molecule has 146 valence electrons. The molecule has 2 aromatic rings. The number of carbonyl (C=O) groups excluding carboxylic acids is 1. The molecule has 0 aliphatic rings. The number of rotatable bonds is 5. The number of amides is 1. The Balaban J connectivity index is 2.10. The fraction of sp³-hybridized carbons (Fsp3) is 0.353. The van der Waals surface area contributed by atoms with Crippen molar-refractivity contribution >= 4 is 22.0 Å². The minimum Gasteiger partial charge on any atom is -0.445 e. The highest BCUT2D eigenvalue weighted by molar-refractivity contribution is 9.10. The zero-order valence-electron chi connectivity index (χ0n) is 15.0. The maximum absolute atomic E-state index is 14.0. The number of alkyl carbamates (subject to hydrolysis) is 1. The van der Waals surface area contributed by atoms with Crippen LogP contribution in [-0.2, 0) is 11.3 Å². The molecule has 1 N–H and O–H groups in total. The Bertz CT molecular complexity index is 916. The van der Waals surface area contributed by atoms with Crippen LogP contribution in [-0.4, -0.2) is 32.6 Å². The maximum atomic E-state index is 14.0. The first-order chi connectivity index (χ1) is 12.6. The molecule has 1 aromatic heterocycles. The molecule has 0 fully saturated rings. The predicted molar refractivity (Wildman–Crippen MR) is 98.9 cm³/mol. The van der Waals surface area contributed by atoms with Crippen LogP contribution >= 0.6 is 15.9 Å². The molecule has 1 heterocycles. The van der Waals surface area contributed by atoms with Crippen molar-refractivity contribution in [3.05, 3.63) is 57.2 Å². The Morgan fingerprint density at radius 1 is 1.41 bits per heavy atom. The van der Waals surface area contributed by atoms with Gasteiger partial charge in [-0.3, -0.25) is 0 Å². The number of nitrogens with zero attached hydrogens (tertiary/aromatic N) is 3. The lowest BCUT2D eigenvalue weighted by Crippen LogP contribution is -2.41. The van der Waals surface area contributed by atoms with Gasteiger partial charge in [0.2, 0.25) is 0 Å². The topological polar surface area (TPSA) is 78.2 Å². The van der Waals surface area contributed by atoms with E-state index in [0.29, 0.717) is 4.47 Å². The van der Waals surface area contributed by atoms with Gasteiger partial charge in [0.15, 0.2) is 0 Å². The summed E-state index contributed by atoms with van der Waals surface area (Å²) in [6.45, 7) is 4.71. The smallest absolute Gasteiger partial charge is 0.407 e. The van der Waals surface area contributed by atoms with Crippen molar-refractivity contribution in [3.63, 3.8) is 0 Å². The molecule has 10 heteroatoms. The molecule has 0 aliphatic carbocycles. The number of aromatic nitrogens is 3. The third-order valence-electron chi connectivity index (χ3n) is 3.28. The van der Waals surface area contributed by atoms with Gasteiger partial charge in [-0.25, -0.2) is 27.6 Å². The first-order valence-electron chi connectivity index (χ1n) is 7.93. The van der Waals surface area contributed by atoms with Crippen LogP contribution in [0.15, 0.2) is 45.7 Å². The van der Waals surface area contributed by atoms with Crippen LogP contribution in [0.2, 0.25) is 0 Å². The molecule has 0 aliphatic heterocycles. The summed E-state index contributed by atoms with van der Waals surface area (Å²) in [7, 11) is 0. The highest BCUT2D eigenvalue weighted by Crippen LogP contribution is 2.17. The molecule has 0 spiro atoms. The zero-order valence-corrected chi connectivity index (χ0v) is 16.6. The summed E-state index contributed by atoms with van der Waals surface area (Å²) in [5, 5.41) is 6.42. The molecular formula is C17H19BrF2N4O3. The third kappa shape index (κ3) is 5.75. The minimum atomic E-state index is -0.711. The van der Waals surface area contributed by atoms with Gasteiger partial charge in [-0.1, -0.05) is 15.9 Å². The first-order valence-corrected chi connectivity index (χ1v) is 8.73. The average Bonchev–Trinajstić information content (AvgIpc) is 2.90. The molecule has 0 unspecified atom stereocenters. The summed E-state index contributed by atoms with van der Waals surface area (Å²) >= 11 is 3.14. The Labute approximate surface area is 162 Å². The van der Waals surface area contributed by atoms with E-state index in [4.69, 9.17) is 4.74 Å². The largest absolute Gasteiger partial charge is 0.445 e. The third-order valence-corrected chi connectivity index (χ3v) is 3.77. The van der Waals surface area contributed by atoms with Gasteiger partial charge >= 0.3 is 11.8 Å². The summed E-state index contributed by atoms with van der Waals surface area (Å²) in [4.78, 5) is 24.0. The molecule has 27 heavy (non-hydrogen) atoms. The van der Waals surface area contributed by atoms with Crippen molar-refractivity contribution in [1.29, 1.82) is 0 Å². The zero-order chi connectivity index (χ0) is 20.2. The van der Waals surface area contributed by atoms with Gasteiger partial charge in [0, 0.05) is 15.6 Å². The van der Waals surface area contributed by atoms with Crippen LogP contribution in [0, 0.1) is 5.82 Å². The minimum absolute atomic E-state index is 0.0148. The number of hydrogen-bond acceptors (Lipinski definition) is 4. The van der Waals surface area contributed by atoms with Gasteiger partial charge in [-0.05, 0) is 39.0 Å². The van der Waals surface area contributed by atoms with Crippen molar-refractivity contribution in [2.24, 2.45) is 0 Å². The lowest BCUT2D eigenvalue weighted by atomic mass is 10.1. The highest BCUT2D eigenvalue weighted by Gasteiger charge is 2.16. The van der Waals surface area contributed by atoms with E-state index >= 15 is 0 Å². The summed E-state index contributed by atoms with van der Waals surface area (Å²) < 4.78 is 34.6. The number of hydrogen-bond donors (Lipinski definition) is 1. The first kappa shape index (κ1) is 20.8. The van der Waals surface area contributed by atoms with Gasteiger partial charge in [-0.2, -0.15) is 5.10 Å². The molecule has 0 saturated heterocycles. The highest BCUT2D eigenvalue weighted by atomic mass is 79.9. The SMILES string of the molecule is CC(C)(C)NC(=O)OC/C(=C/F)Cn1ncn(-c2ccc(Br)cc2F)c1=O. The lowest BCUT2D eigenvalue weighted by molar-refractivity contribution is 0.145. The van der Waals surface area contributed by atoms with Crippen LogP contribution < -0.4 is 11.0 Å². The summed E-state index contributed by atoms with van der Waals surface area (Å²) in [5.41, 5.74) is -1.13. The molecule has 0 radical (unpaired) electrons. The van der Waals surface area contributed by atoms with Crippen molar-refractivity contribution in [1.82, 2.24) is 19.7 Å². The van der Waals surface area contributed by atoms with Crippen LogP contribution in [0.1, 0.15) is 20.8 Å². The van der Waals surface area contributed by atoms with E-state index in [1.54, 1.807) is 26.8 Å². The Kier molecular flexibility index (Phi) is 6.53. The van der Waals surface area contributed by atoms with Crippen molar-refractivity contribution in [2.45, 2.75) is 32.9 Å². The summed E-state index contributed by atoms with van der Waals surface area (Å²) in [6, 6.07) is 4.21. The van der Waals surface area contributed by atoms with E-state index in [1.807, 2.05) is 0 Å². The number of nitrogens with one attached hydrogen (secondary N) is 1. The molecule has 7 nitrogen and oxygen atoms in total. The van der Waals surface area contributed by atoms with Crippen molar-refractivity contribution in [2.75, 3.05) is 6.61 Å². The Morgan fingerprint density at radius 3 is 2.70 bits per heavy atom. The molecule has 1 amide bonds. The number of carbonyl (C=O) groups is 1. The van der Waals surface area contributed by atoms with E-state index in [0.717, 1.165) is 15.6 Å². The number of halogens is 3. The van der Waals surface area contributed by atoms with E-state index < -0.39 is 23.1 Å². The second-order valence-corrected chi connectivity index (χ2v) is 7.67. The quantitative estimate of drug-likeness (QED) is 0.766. The monoisotopic (exact) mass is 444 g/mol. The molecule has 0 atom stereocenters. The second kappa shape index (κ2) is 8.47. The van der Waals surface area contributed by atoms with E-state index in [2.05, 4.69) is 26.3 Å². The van der Waals surface area contributed by atoms with E-state index in [9.17, 15) is 18.4 Å².